The fourth-order valence-electron chi connectivity index (χ4n) is 1.13. The van der Waals surface area contributed by atoms with Crippen LogP contribution in [0.4, 0.5) is 10.6 Å². The number of anilines is 1. The molecule has 5 heteroatoms. The van der Waals surface area contributed by atoms with Crippen LogP contribution < -0.4 is 5.32 Å². The summed E-state index contributed by atoms with van der Waals surface area (Å²) in [5.74, 6) is 0.443. The first-order valence-electron chi connectivity index (χ1n) is 5.56. The molecular weight excluding hydrogens is 232 g/mol. The smallest absolute Gasteiger partial charge is 0.413 e. The maximum Gasteiger partial charge on any atom is 0.413 e. The number of aromatic nitrogens is 1. The van der Waals surface area contributed by atoms with Crippen molar-refractivity contribution in [3.63, 3.8) is 0 Å². The fourth-order valence-corrected chi connectivity index (χ4v) is 1.13. The van der Waals surface area contributed by atoms with Gasteiger partial charge >= 0.3 is 6.09 Å². The molecule has 1 aromatic heterocycles. The van der Waals surface area contributed by atoms with Gasteiger partial charge in [0, 0.05) is 6.20 Å². The van der Waals surface area contributed by atoms with Gasteiger partial charge in [-0.3, -0.25) is 5.32 Å². The average molecular weight is 250 g/mol. The van der Waals surface area contributed by atoms with Crippen LogP contribution in [0.15, 0.2) is 24.6 Å². The number of nitrogens with zero attached hydrogens (tertiary/aromatic N) is 1. The van der Waals surface area contributed by atoms with E-state index in [9.17, 15) is 4.79 Å². The highest BCUT2D eigenvalue weighted by Crippen LogP contribution is 2.11. The molecule has 0 fully saturated rings. The summed E-state index contributed by atoms with van der Waals surface area (Å²) >= 11 is 0. The summed E-state index contributed by atoms with van der Waals surface area (Å²) in [5, 5.41) is 2.55. The third-order valence-corrected chi connectivity index (χ3v) is 1.81. The molecule has 0 saturated carbocycles. The van der Waals surface area contributed by atoms with Gasteiger partial charge in [0.15, 0.2) is 0 Å². The summed E-state index contributed by atoms with van der Waals surface area (Å²) in [6.07, 6.45) is 4.43. The fraction of sp³-hybridized carbons (Fsp3) is 0.385. The van der Waals surface area contributed by atoms with E-state index in [0.717, 1.165) is 5.56 Å². The normalized spacial score (nSPS) is 11.3. The van der Waals surface area contributed by atoms with Gasteiger partial charge in [-0.2, -0.15) is 0 Å². The first kappa shape index (κ1) is 14.0. The summed E-state index contributed by atoms with van der Waals surface area (Å²) in [4.78, 5) is 15.6. The number of hydrogen-bond acceptors (Lipinski definition) is 4. The van der Waals surface area contributed by atoms with E-state index in [0.29, 0.717) is 5.82 Å². The van der Waals surface area contributed by atoms with Crippen LogP contribution in [0.1, 0.15) is 26.3 Å². The number of nitrogens with one attached hydrogen (secondary N) is 1. The van der Waals surface area contributed by atoms with E-state index in [2.05, 4.69) is 10.3 Å². The second kappa shape index (κ2) is 6.05. The lowest BCUT2D eigenvalue weighted by atomic mass is 10.2. The highest BCUT2D eigenvalue weighted by atomic mass is 16.6. The monoisotopic (exact) mass is 250 g/mol. The predicted molar refractivity (Wildman–Crippen MR) is 70.1 cm³/mol. The number of ether oxygens (including phenoxy) is 2. The Labute approximate surface area is 107 Å². The summed E-state index contributed by atoms with van der Waals surface area (Å²) in [6, 6.07) is 3.51. The maximum atomic E-state index is 11.5. The molecule has 0 saturated heterocycles. The molecule has 0 aliphatic heterocycles. The molecule has 5 nitrogen and oxygen atoms in total. The Hall–Kier alpha value is -2.04. The van der Waals surface area contributed by atoms with Crippen molar-refractivity contribution >= 4 is 18.0 Å². The van der Waals surface area contributed by atoms with E-state index in [1.165, 1.54) is 0 Å². The molecule has 1 rings (SSSR count). The number of hydrogen-bond donors (Lipinski definition) is 1. The van der Waals surface area contributed by atoms with Gasteiger partial charge in [0.2, 0.25) is 0 Å². The van der Waals surface area contributed by atoms with Crippen LogP contribution in [0.3, 0.4) is 0 Å². The van der Waals surface area contributed by atoms with Crippen LogP contribution in [0.2, 0.25) is 0 Å². The lowest BCUT2D eigenvalue weighted by Crippen LogP contribution is -2.27. The Morgan fingerprint density at radius 1 is 1.39 bits per heavy atom. The number of rotatable bonds is 3. The average Bonchev–Trinajstić information content (AvgIpc) is 2.25. The Bertz CT molecular complexity index is 419. The SMILES string of the molecule is CO/C=C/c1ccc(NC(=O)OC(C)(C)C)nc1. The standard InChI is InChI=1S/C13H18N2O3/c1-13(2,3)18-12(16)15-11-6-5-10(9-14-11)7-8-17-4/h5-9H,1-4H3,(H,14,15,16)/b8-7+. The highest BCUT2D eigenvalue weighted by molar-refractivity contribution is 5.83. The largest absolute Gasteiger partial charge is 0.504 e. The van der Waals surface area contributed by atoms with Gasteiger partial charge in [0.05, 0.1) is 13.4 Å². The van der Waals surface area contributed by atoms with Crippen LogP contribution in [0.5, 0.6) is 0 Å². The van der Waals surface area contributed by atoms with Gasteiger partial charge in [0.1, 0.15) is 11.4 Å². The van der Waals surface area contributed by atoms with Gasteiger partial charge in [-0.15, -0.1) is 0 Å². The van der Waals surface area contributed by atoms with Crippen molar-refractivity contribution in [2.45, 2.75) is 26.4 Å². The lowest BCUT2D eigenvalue weighted by molar-refractivity contribution is 0.0635. The van der Waals surface area contributed by atoms with Crippen LogP contribution in [-0.2, 0) is 9.47 Å². The lowest BCUT2D eigenvalue weighted by Gasteiger charge is -2.19. The summed E-state index contributed by atoms with van der Waals surface area (Å²) in [5.41, 5.74) is 0.359. The first-order valence-corrected chi connectivity index (χ1v) is 5.56. The van der Waals surface area contributed by atoms with E-state index < -0.39 is 11.7 Å². The number of pyridine rings is 1. The van der Waals surface area contributed by atoms with Crippen LogP contribution >= 0.6 is 0 Å². The van der Waals surface area contributed by atoms with Gasteiger partial charge in [0.25, 0.3) is 0 Å². The quantitative estimate of drug-likeness (QED) is 0.837. The van der Waals surface area contributed by atoms with Gasteiger partial charge in [-0.05, 0) is 44.5 Å². The Morgan fingerprint density at radius 3 is 2.61 bits per heavy atom. The van der Waals surface area contributed by atoms with E-state index in [4.69, 9.17) is 9.47 Å². The van der Waals surface area contributed by atoms with Crippen LogP contribution in [-0.4, -0.2) is 23.8 Å². The van der Waals surface area contributed by atoms with E-state index in [1.54, 1.807) is 52.5 Å². The molecule has 1 heterocycles. The van der Waals surface area contributed by atoms with Crippen molar-refractivity contribution in [2.75, 3.05) is 12.4 Å². The Balaban J connectivity index is 2.58. The topological polar surface area (TPSA) is 60.5 Å². The Morgan fingerprint density at radius 2 is 2.11 bits per heavy atom. The molecule has 1 amide bonds. The molecule has 0 aliphatic carbocycles. The van der Waals surface area contributed by atoms with Crippen molar-refractivity contribution in [2.24, 2.45) is 0 Å². The van der Waals surface area contributed by atoms with Crippen molar-refractivity contribution in [3.05, 3.63) is 30.2 Å². The second-order valence-electron chi connectivity index (χ2n) is 4.64. The zero-order valence-electron chi connectivity index (χ0n) is 11.1. The van der Waals surface area contributed by atoms with Crippen LogP contribution in [0.25, 0.3) is 6.08 Å². The molecule has 98 valence electrons. The molecule has 1 aromatic rings. The van der Waals surface area contributed by atoms with Gasteiger partial charge < -0.3 is 9.47 Å². The molecule has 0 spiro atoms. The van der Waals surface area contributed by atoms with E-state index in [1.807, 2.05) is 6.07 Å². The van der Waals surface area contributed by atoms with Gasteiger partial charge in [-0.1, -0.05) is 0 Å². The van der Waals surface area contributed by atoms with Crippen molar-refractivity contribution < 1.29 is 14.3 Å². The number of carbonyl (C=O) groups excluding carboxylic acids is 1. The molecule has 1 N–H and O–H groups in total. The summed E-state index contributed by atoms with van der Waals surface area (Å²) in [6.45, 7) is 5.41. The minimum absolute atomic E-state index is 0.443. The second-order valence-corrected chi connectivity index (χ2v) is 4.64. The van der Waals surface area contributed by atoms with E-state index in [-0.39, 0.29) is 0 Å². The number of methoxy groups -OCH3 is 1. The first-order chi connectivity index (χ1) is 8.40. The molecule has 0 aliphatic rings. The summed E-state index contributed by atoms with van der Waals surface area (Å²) in [7, 11) is 1.57. The third kappa shape index (κ3) is 5.34. The zero-order chi connectivity index (χ0) is 13.6. The van der Waals surface area contributed by atoms with Crippen LogP contribution in [0, 0.1) is 0 Å². The highest BCUT2D eigenvalue weighted by Gasteiger charge is 2.16. The van der Waals surface area contributed by atoms with E-state index >= 15 is 0 Å². The molecule has 0 bridgehead atoms. The molecule has 0 aromatic carbocycles. The van der Waals surface area contributed by atoms with Crippen molar-refractivity contribution in [3.8, 4) is 0 Å². The van der Waals surface area contributed by atoms with Crippen molar-refractivity contribution in [1.29, 1.82) is 0 Å². The minimum atomic E-state index is -0.523. The molecular formula is C13H18N2O3. The number of amides is 1. The molecule has 18 heavy (non-hydrogen) atoms. The molecule has 0 unspecified atom stereocenters. The van der Waals surface area contributed by atoms with Gasteiger partial charge in [-0.25, -0.2) is 9.78 Å². The Kier molecular flexibility index (Phi) is 4.71. The minimum Gasteiger partial charge on any atom is -0.504 e. The molecule has 0 radical (unpaired) electrons. The summed E-state index contributed by atoms with van der Waals surface area (Å²) < 4.78 is 9.91. The zero-order valence-corrected chi connectivity index (χ0v) is 11.1. The van der Waals surface area contributed by atoms with Crippen molar-refractivity contribution in [1.82, 2.24) is 4.98 Å². The third-order valence-electron chi connectivity index (χ3n) is 1.81. The molecule has 0 atom stereocenters. The number of carbonyl (C=O) groups is 1. The predicted octanol–water partition coefficient (Wildman–Crippen LogP) is 3.05. The maximum absolute atomic E-state index is 11.5.